The minimum atomic E-state index is -0.419. The second-order valence-electron chi connectivity index (χ2n) is 7.14. The Labute approximate surface area is 162 Å². The second kappa shape index (κ2) is 8.00. The number of para-hydroxylation sites is 1. The van der Waals surface area contributed by atoms with Crippen LogP contribution in [0.25, 0.3) is 0 Å². The van der Waals surface area contributed by atoms with Crippen LogP contribution in [0.4, 0.5) is 5.69 Å². The number of ether oxygens (including phenoxy) is 1. The molecule has 6 nitrogen and oxygen atoms in total. The van der Waals surface area contributed by atoms with Gasteiger partial charge in [-0.2, -0.15) is 0 Å². The van der Waals surface area contributed by atoms with E-state index in [1.165, 1.54) is 23.9 Å². The zero-order valence-electron chi connectivity index (χ0n) is 15.3. The van der Waals surface area contributed by atoms with E-state index in [9.17, 15) is 14.9 Å². The summed E-state index contributed by atoms with van der Waals surface area (Å²) in [6, 6.07) is 14.1. The minimum Gasteiger partial charge on any atom is -0.487 e. The van der Waals surface area contributed by atoms with Crippen molar-refractivity contribution < 1.29 is 14.5 Å². The molecule has 0 saturated heterocycles. The number of carbonyl (C=O) groups is 1. The van der Waals surface area contributed by atoms with E-state index in [1.807, 2.05) is 38.1 Å². The number of hydrogen-bond acceptors (Lipinski definition) is 5. The summed E-state index contributed by atoms with van der Waals surface area (Å²) in [5.74, 6) is 1.75. The van der Waals surface area contributed by atoms with Crippen LogP contribution in [0.3, 0.4) is 0 Å². The fraction of sp³-hybridized carbons (Fsp3) is 0.350. The van der Waals surface area contributed by atoms with Crippen LogP contribution in [0.2, 0.25) is 0 Å². The first-order valence-corrected chi connectivity index (χ1v) is 9.88. The number of hydrogen-bond donors (Lipinski definition) is 1. The molecule has 0 aliphatic carbocycles. The number of fused-ring (bicyclic) bond motifs is 1. The van der Waals surface area contributed by atoms with E-state index in [4.69, 9.17) is 4.74 Å². The van der Waals surface area contributed by atoms with Crippen molar-refractivity contribution in [2.24, 2.45) is 0 Å². The Morgan fingerprint density at radius 2 is 1.96 bits per heavy atom. The molecular formula is C20H22N2O4S. The number of benzene rings is 2. The van der Waals surface area contributed by atoms with Gasteiger partial charge in [-0.15, -0.1) is 11.8 Å². The zero-order chi connectivity index (χ0) is 19.4. The maximum absolute atomic E-state index is 12.4. The first kappa shape index (κ1) is 19.2. The summed E-state index contributed by atoms with van der Waals surface area (Å²) in [7, 11) is 0. The Morgan fingerprint density at radius 1 is 1.26 bits per heavy atom. The van der Waals surface area contributed by atoms with Gasteiger partial charge in [-0.3, -0.25) is 14.9 Å². The molecule has 2 aromatic carbocycles. The molecule has 1 amide bonds. The van der Waals surface area contributed by atoms with Gasteiger partial charge in [0.1, 0.15) is 11.4 Å². The third kappa shape index (κ3) is 5.01. The fourth-order valence-corrected chi connectivity index (χ4v) is 3.94. The van der Waals surface area contributed by atoms with Gasteiger partial charge in [-0.25, -0.2) is 0 Å². The molecule has 0 aromatic heterocycles. The van der Waals surface area contributed by atoms with E-state index >= 15 is 0 Å². The van der Waals surface area contributed by atoms with Crippen LogP contribution >= 0.6 is 11.8 Å². The topological polar surface area (TPSA) is 81.5 Å². The van der Waals surface area contributed by atoms with Crippen LogP contribution in [-0.2, 0) is 10.5 Å². The van der Waals surface area contributed by atoms with Crippen LogP contribution in [0.1, 0.15) is 37.4 Å². The normalized spacial score (nSPS) is 17.5. The number of carbonyl (C=O) groups excluding carboxylic acids is 1. The molecule has 0 saturated carbocycles. The number of amides is 1. The molecule has 0 fully saturated rings. The van der Waals surface area contributed by atoms with Crippen molar-refractivity contribution in [1.82, 2.24) is 5.32 Å². The summed E-state index contributed by atoms with van der Waals surface area (Å²) in [5, 5.41) is 13.8. The number of thioether (sulfide) groups is 1. The van der Waals surface area contributed by atoms with Crippen molar-refractivity contribution in [2.45, 2.75) is 37.7 Å². The Balaban J connectivity index is 1.54. The van der Waals surface area contributed by atoms with E-state index in [0.717, 1.165) is 16.9 Å². The van der Waals surface area contributed by atoms with Gasteiger partial charge in [0, 0.05) is 29.9 Å². The maximum atomic E-state index is 12.4. The molecule has 0 spiro atoms. The fourth-order valence-electron chi connectivity index (χ4n) is 3.14. The molecule has 0 radical (unpaired) electrons. The zero-order valence-corrected chi connectivity index (χ0v) is 16.1. The predicted octanol–water partition coefficient (Wildman–Crippen LogP) is 4.25. The number of nitrogens with one attached hydrogen (secondary N) is 1. The van der Waals surface area contributed by atoms with Gasteiger partial charge >= 0.3 is 0 Å². The first-order valence-electron chi connectivity index (χ1n) is 8.72. The van der Waals surface area contributed by atoms with Crippen LogP contribution < -0.4 is 10.1 Å². The molecule has 1 aliphatic rings. The summed E-state index contributed by atoms with van der Waals surface area (Å²) < 4.78 is 5.99. The molecule has 142 valence electrons. The quantitative estimate of drug-likeness (QED) is 0.593. The van der Waals surface area contributed by atoms with E-state index in [-0.39, 0.29) is 23.2 Å². The van der Waals surface area contributed by atoms with Crippen molar-refractivity contribution in [3.05, 3.63) is 69.8 Å². The molecular weight excluding hydrogens is 364 g/mol. The van der Waals surface area contributed by atoms with Gasteiger partial charge in [-0.1, -0.05) is 30.3 Å². The highest BCUT2D eigenvalue weighted by atomic mass is 32.2. The van der Waals surface area contributed by atoms with E-state index in [0.29, 0.717) is 17.9 Å². The lowest BCUT2D eigenvalue weighted by Crippen LogP contribution is -2.41. The van der Waals surface area contributed by atoms with Crippen molar-refractivity contribution in [1.29, 1.82) is 0 Å². The third-order valence-corrected chi connectivity index (χ3v) is 5.36. The van der Waals surface area contributed by atoms with E-state index < -0.39 is 4.92 Å². The Bertz CT molecular complexity index is 836. The summed E-state index contributed by atoms with van der Waals surface area (Å²) in [6.45, 7) is 4.04. The standard InChI is InChI=1S/C20H22N2O4S/c1-20(2)11-17(16-5-3-4-6-18(16)26-20)21-19(23)13-27-12-14-7-9-15(10-8-14)22(24)25/h3-10,17H,11-13H2,1-2H3,(H,21,23)/t17-/m1/s1. The lowest BCUT2D eigenvalue weighted by atomic mass is 9.90. The second-order valence-corrected chi connectivity index (χ2v) is 8.13. The molecule has 0 bridgehead atoms. The first-order chi connectivity index (χ1) is 12.8. The van der Waals surface area contributed by atoms with Crippen LogP contribution in [0, 0.1) is 10.1 Å². The maximum Gasteiger partial charge on any atom is 0.269 e. The average Bonchev–Trinajstić information content (AvgIpc) is 2.61. The predicted molar refractivity (Wildman–Crippen MR) is 106 cm³/mol. The molecule has 7 heteroatoms. The summed E-state index contributed by atoms with van der Waals surface area (Å²) in [6.07, 6.45) is 0.711. The lowest BCUT2D eigenvalue weighted by molar-refractivity contribution is -0.384. The molecule has 1 N–H and O–H groups in total. The van der Waals surface area contributed by atoms with E-state index in [1.54, 1.807) is 12.1 Å². The number of rotatable bonds is 6. The number of non-ortho nitro benzene ring substituents is 1. The van der Waals surface area contributed by atoms with Gasteiger partial charge in [0.15, 0.2) is 0 Å². The van der Waals surface area contributed by atoms with Gasteiger partial charge in [0.25, 0.3) is 5.69 Å². The minimum absolute atomic E-state index is 0.0283. The van der Waals surface area contributed by atoms with Crippen molar-refractivity contribution in [2.75, 3.05) is 5.75 Å². The van der Waals surface area contributed by atoms with Crippen molar-refractivity contribution >= 4 is 23.4 Å². The number of nitrogens with zero attached hydrogens (tertiary/aromatic N) is 1. The van der Waals surface area contributed by atoms with Crippen LogP contribution in [-0.4, -0.2) is 22.2 Å². The SMILES string of the molecule is CC1(C)C[C@@H](NC(=O)CSCc2ccc([N+](=O)[O-])cc2)c2ccccc2O1. The lowest BCUT2D eigenvalue weighted by Gasteiger charge is -2.37. The number of nitro groups is 1. The molecule has 1 aliphatic heterocycles. The summed E-state index contributed by atoms with van der Waals surface area (Å²) in [5.41, 5.74) is 1.70. The number of nitro benzene ring substituents is 1. The van der Waals surface area contributed by atoms with E-state index in [2.05, 4.69) is 5.32 Å². The Morgan fingerprint density at radius 3 is 2.67 bits per heavy atom. The highest BCUT2D eigenvalue weighted by Crippen LogP contribution is 2.39. The highest BCUT2D eigenvalue weighted by molar-refractivity contribution is 7.99. The Kier molecular flexibility index (Phi) is 5.70. The van der Waals surface area contributed by atoms with Crippen molar-refractivity contribution in [3.8, 4) is 5.75 Å². The van der Waals surface area contributed by atoms with Gasteiger partial charge < -0.3 is 10.1 Å². The van der Waals surface area contributed by atoms with Crippen molar-refractivity contribution in [3.63, 3.8) is 0 Å². The Hall–Kier alpha value is -2.54. The molecule has 27 heavy (non-hydrogen) atoms. The molecule has 1 heterocycles. The largest absolute Gasteiger partial charge is 0.487 e. The third-order valence-electron chi connectivity index (χ3n) is 4.36. The molecule has 2 aromatic rings. The van der Waals surface area contributed by atoms with Gasteiger partial charge in [-0.05, 0) is 25.5 Å². The van der Waals surface area contributed by atoms with Gasteiger partial charge in [0.05, 0.1) is 16.7 Å². The molecule has 1 atom stereocenters. The monoisotopic (exact) mass is 386 g/mol. The van der Waals surface area contributed by atoms with Crippen LogP contribution in [0.5, 0.6) is 5.75 Å². The molecule has 3 rings (SSSR count). The summed E-state index contributed by atoms with van der Waals surface area (Å²) in [4.78, 5) is 22.7. The van der Waals surface area contributed by atoms with Crippen LogP contribution in [0.15, 0.2) is 48.5 Å². The summed E-state index contributed by atoms with van der Waals surface area (Å²) >= 11 is 1.49. The highest BCUT2D eigenvalue weighted by Gasteiger charge is 2.34. The average molecular weight is 386 g/mol. The van der Waals surface area contributed by atoms with Gasteiger partial charge in [0.2, 0.25) is 5.91 Å². The smallest absolute Gasteiger partial charge is 0.269 e. The molecule has 0 unspecified atom stereocenters.